The molecule has 0 radical (unpaired) electrons. The number of carbonyl (C=O) groups is 2. The number of hydrogen-bond donors (Lipinski definition) is 0. The molecule has 0 bridgehead atoms. The molecule has 0 aromatic rings. The number of imide groups is 1. The second-order valence-corrected chi connectivity index (χ2v) is 5.89. The third-order valence-electron chi connectivity index (χ3n) is 2.92. The van der Waals surface area contributed by atoms with Gasteiger partial charge in [0, 0.05) is 11.2 Å². The van der Waals surface area contributed by atoms with Gasteiger partial charge in [-0.25, -0.2) is 9.69 Å². The van der Waals surface area contributed by atoms with Gasteiger partial charge in [-0.2, -0.15) is 0 Å². The zero-order valence-electron chi connectivity index (χ0n) is 9.90. The Morgan fingerprint density at radius 2 is 2.12 bits per heavy atom. The second-order valence-electron chi connectivity index (χ2n) is 4.45. The summed E-state index contributed by atoms with van der Waals surface area (Å²) < 4.78 is 4.74. The molecule has 0 spiro atoms. The summed E-state index contributed by atoms with van der Waals surface area (Å²) in [5.74, 6) is 0.505. The van der Waals surface area contributed by atoms with E-state index in [0.29, 0.717) is 25.5 Å². The summed E-state index contributed by atoms with van der Waals surface area (Å²) in [6, 6.07) is 0. The smallest absolute Gasteiger partial charge is 0.416 e. The van der Waals surface area contributed by atoms with E-state index < -0.39 is 6.09 Å². The largest absolute Gasteiger partial charge is 0.447 e. The zero-order chi connectivity index (χ0) is 12.3. The number of ether oxygens (including phenoxy) is 1. The molecule has 1 rings (SSSR count). The molecule has 1 saturated heterocycles. The average molecular weight is 292 g/mol. The van der Waals surface area contributed by atoms with Gasteiger partial charge in [-0.3, -0.25) is 4.79 Å². The molecule has 0 saturated carbocycles. The molecular formula is C11H18BrNO3. The van der Waals surface area contributed by atoms with E-state index in [0.717, 1.165) is 0 Å². The predicted octanol–water partition coefficient (Wildman–Crippen LogP) is 2.41. The summed E-state index contributed by atoms with van der Waals surface area (Å²) in [5, 5.41) is 0. The molecule has 0 aromatic heterocycles. The fourth-order valence-corrected chi connectivity index (χ4v) is 2.66. The van der Waals surface area contributed by atoms with Crippen molar-refractivity contribution in [2.75, 3.05) is 13.2 Å². The molecule has 1 aliphatic heterocycles. The molecule has 1 fully saturated rings. The van der Waals surface area contributed by atoms with Crippen LogP contribution in [0.3, 0.4) is 0 Å². The van der Waals surface area contributed by atoms with Gasteiger partial charge in [0.15, 0.2) is 0 Å². The molecule has 5 heteroatoms. The number of carbonyl (C=O) groups excluding carboxylic acids is 2. The molecule has 0 unspecified atom stereocenters. The van der Waals surface area contributed by atoms with Gasteiger partial charge in [0.05, 0.1) is 6.54 Å². The van der Waals surface area contributed by atoms with Crippen molar-refractivity contribution in [3.05, 3.63) is 0 Å². The summed E-state index contributed by atoms with van der Waals surface area (Å²) >= 11 is 3.51. The lowest BCUT2D eigenvalue weighted by atomic mass is 9.89. The lowest BCUT2D eigenvalue weighted by Gasteiger charge is -2.24. The molecule has 0 aromatic carbocycles. The molecule has 2 amide bonds. The Balaban J connectivity index is 2.58. The van der Waals surface area contributed by atoms with Crippen LogP contribution >= 0.6 is 15.9 Å². The van der Waals surface area contributed by atoms with Crippen LogP contribution in [-0.2, 0) is 9.53 Å². The van der Waals surface area contributed by atoms with Crippen LogP contribution in [0.5, 0.6) is 0 Å². The molecule has 0 N–H and O–H groups in total. The van der Waals surface area contributed by atoms with Crippen LogP contribution in [0.25, 0.3) is 0 Å². The lowest BCUT2D eigenvalue weighted by molar-refractivity contribution is -0.129. The highest BCUT2D eigenvalue weighted by Crippen LogP contribution is 2.26. The van der Waals surface area contributed by atoms with E-state index in [4.69, 9.17) is 4.74 Å². The standard InChI is InChI=1S/C11H18BrNO3/c1-7(2)9(8(3)12)6-10(14)13-4-5-16-11(13)15/h7-9H,4-6H2,1-3H3/t8-,9+/m1/s1. The summed E-state index contributed by atoms with van der Waals surface area (Å²) in [6.07, 6.45) is -0.117. The fraction of sp³-hybridized carbons (Fsp3) is 0.818. The molecule has 2 atom stereocenters. The van der Waals surface area contributed by atoms with Crippen molar-refractivity contribution in [2.45, 2.75) is 32.0 Å². The number of alkyl halides is 1. The number of rotatable bonds is 4. The third kappa shape index (κ3) is 3.20. The average Bonchev–Trinajstić information content (AvgIpc) is 2.59. The van der Waals surface area contributed by atoms with Gasteiger partial charge in [-0.05, 0) is 11.8 Å². The van der Waals surface area contributed by atoms with Crippen molar-refractivity contribution in [2.24, 2.45) is 11.8 Å². The first-order valence-corrected chi connectivity index (χ1v) is 6.46. The Hall–Kier alpha value is -0.580. The molecule has 92 valence electrons. The van der Waals surface area contributed by atoms with Crippen molar-refractivity contribution in [3.63, 3.8) is 0 Å². The minimum atomic E-state index is -0.505. The van der Waals surface area contributed by atoms with E-state index in [1.54, 1.807) is 0 Å². The van der Waals surface area contributed by atoms with Crippen molar-refractivity contribution in [1.82, 2.24) is 4.90 Å². The molecular weight excluding hydrogens is 274 g/mol. The van der Waals surface area contributed by atoms with Crippen molar-refractivity contribution in [3.8, 4) is 0 Å². The minimum Gasteiger partial charge on any atom is -0.447 e. The Bertz CT molecular complexity index is 270. The topological polar surface area (TPSA) is 46.6 Å². The van der Waals surface area contributed by atoms with E-state index in [-0.39, 0.29) is 16.7 Å². The van der Waals surface area contributed by atoms with Gasteiger partial charge in [0.1, 0.15) is 6.61 Å². The summed E-state index contributed by atoms with van der Waals surface area (Å²) in [4.78, 5) is 24.5. The second kappa shape index (κ2) is 5.66. The molecule has 0 aliphatic carbocycles. The molecule has 1 aliphatic rings. The number of halogens is 1. The number of amides is 2. The maximum absolute atomic E-state index is 11.9. The minimum absolute atomic E-state index is 0.132. The first-order chi connectivity index (χ1) is 7.43. The maximum Gasteiger partial charge on any atom is 0.416 e. The van der Waals surface area contributed by atoms with E-state index in [1.165, 1.54) is 4.90 Å². The first kappa shape index (κ1) is 13.5. The van der Waals surface area contributed by atoms with Crippen LogP contribution in [0, 0.1) is 11.8 Å². The highest BCUT2D eigenvalue weighted by atomic mass is 79.9. The van der Waals surface area contributed by atoms with Crippen molar-refractivity contribution < 1.29 is 14.3 Å². The summed E-state index contributed by atoms with van der Waals surface area (Å²) in [7, 11) is 0. The number of nitrogens with zero attached hydrogens (tertiary/aromatic N) is 1. The highest BCUT2D eigenvalue weighted by molar-refractivity contribution is 9.09. The fourth-order valence-electron chi connectivity index (χ4n) is 1.86. The molecule has 16 heavy (non-hydrogen) atoms. The van der Waals surface area contributed by atoms with Gasteiger partial charge in [-0.1, -0.05) is 36.7 Å². The highest BCUT2D eigenvalue weighted by Gasteiger charge is 2.31. The van der Waals surface area contributed by atoms with Crippen LogP contribution in [0.1, 0.15) is 27.2 Å². The van der Waals surface area contributed by atoms with Crippen LogP contribution < -0.4 is 0 Å². The molecule has 1 heterocycles. The summed E-state index contributed by atoms with van der Waals surface area (Å²) in [5.41, 5.74) is 0. The van der Waals surface area contributed by atoms with Crippen LogP contribution in [0.4, 0.5) is 4.79 Å². The predicted molar refractivity (Wildman–Crippen MR) is 64.4 cm³/mol. The van der Waals surface area contributed by atoms with Crippen molar-refractivity contribution >= 4 is 27.9 Å². The van der Waals surface area contributed by atoms with Gasteiger partial charge in [0.25, 0.3) is 0 Å². The Morgan fingerprint density at radius 3 is 2.50 bits per heavy atom. The zero-order valence-corrected chi connectivity index (χ0v) is 11.5. The third-order valence-corrected chi connectivity index (χ3v) is 3.60. The van der Waals surface area contributed by atoms with Gasteiger partial charge in [0.2, 0.25) is 5.91 Å². The molecule has 4 nitrogen and oxygen atoms in total. The van der Waals surface area contributed by atoms with Crippen LogP contribution in [0.2, 0.25) is 0 Å². The Labute approximate surface area is 104 Å². The quantitative estimate of drug-likeness (QED) is 0.748. The van der Waals surface area contributed by atoms with Gasteiger partial charge in [-0.15, -0.1) is 0 Å². The van der Waals surface area contributed by atoms with Crippen LogP contribution in [-0.4, -0.2) is 34.9 Å². The van der Waals surface area contributed by atoms with Gasteiger partial charge < -0.3 is 4.74 Å². The number of hydrogen-bond acceptors (Lipinski definition) is 3. The van der Waals surface area contributed by atoms with E-state index in [9.17, 15) is 9.59 Å². The monoisotopic (exact) mass is 291 g/mol. The normalized spacial score (nSPS) is 19.8. The summed E-state index contributed by atoms with van der Waals surface area (Å²) in [6.45, 7) is 6.90. The first-order valence-electron chi connectivity index (χ1n) is 5.54. The Morgan fingerprint density at radius 1 is 1.50 bits per heavy atom. The van der Waals surface area contributed by atoms with E-state index in [1.807, 2.05) is 6.92 Å². The Kier molecular flexibility index (Phi) is 4.77. The van der Waals surface area contributed by atoms with Crippen molar-refractivity contribution in [1.29, 1.82) is 0 Å². The van der Waals surface area contributed by atoms with Crippen LogP contribution in [0.15, 0.2) is 0 Å². The number of cyclic esters (lactones) is 1. The van der Waals surface area contributed by atoms with Gasteiger partial charge >= 0.3 is 6.09 Å². The van der Waals surface area contributed by atoms with E-state index >= 15 is 0 Å². The lowest BCUT2D eigenvalue weighted by Crippen LogP contribution is -2.35. The SMILES string of the molecule is CC(C)[C@H](CC(=O)N1CCOC1=O)[C@@H](C)Br. The van der Waals surface area contributed by atoms with E-state index in [2.05, 4.69) is 29.8 Å². The maximum atomic E-state index is 11.9.